The Morgan fingerprint density at radius 3 is 2.80 bits per heavy atom. The van der Waals surface area contributed by atoms with E-state index in [0.29, 0.717) is 6.61 Å². The van der Waals surface area contributed by atoms with Crippen molar-refractivity contribution >= 4 is 13.6 Å². The number of hydrogen-bond donors (Lipinski definition) is 1. The summed E-state index contributed by atoms with van der Waals surface area (Å²) in [5.41, 5.74) is 0. The highest BCUT2D eigenvalue weighted by molar-refractivity contribution is 7.58. The monoisotopic (exact) mass is 165 g/mol. The van der Waals surface area contributed by atoms with Gasteiger partial charge < -0.3 is 9.73 Å². The van der Waals surface area contributed by atoms with Crippen molar-refractivity contribution in [3.8, 4) is 0 Å². The molecular formula is C5H12NO3P. The maximum Gasteiger partial charge on any atom is 0.202 e. The molecule has 0 radical (unpaired) electrons. The molecule has 1 atom stereocenters. The summed E-state index contributed by atoms with van der Waals surface area (Å²) in [5, 5.41) is 3.42. The Hall–Kier alpha value is -0.340. The number of hydrogen-bond acceptors (Lipinski definition) is 3. The molecule has 60 valence electrons. The molecule has 0 fully saturated rings. The Morgan fingerprint density at radius 2 is 2.40 bits per heavy atom. The van der Waals surface area contributed by atoms with Gasteiger partial charge in [0.2, 0.25) is 7.37 Å². The van der Waals surface area contributed by atoms with Crippen LogP contribution in [0.5, 0.6) is 0 Å². The summed E-state index contributed by atoms with van der Waals surface area (Å²) in [4.78, 5) is 13.3. The van der Waals surface area contributed by atoms with E-state index in [2.05, 4.69) is 9.99 Å². The first-order valence-corrected chi connectivity index (χ1v) is 5.28. The van der Waals surface area contributed by atoms with Crippen molar-refractivity contribution in [2.45, 2.75) is 6.92 Å². The van der Waals surface area contributed by atoms with Gasteiger partial charge in [-0.05, 0) is 6.92 Å². The minimum absolute atomic E-state index is 0.0764. The molecule has 0 rings (SSSR count). The molecule has 0 aromatic carbocycles. The molecular weight excluding hydrogens is 153 g/mol. The van der Waals surface area contributed by atoms with E-state index in [1.54, 1.807) is 6.92 Å². The first-order chi connectivity index (χ1) is 4.56. The van der Waals surface area contributed by atoms with Gasteiger partial charge in [0.25, 0.3) is 0 Å². The molecule has 0 aromatic rings. The molecule has 5 heteroatoms. The van der Waals surface area contributed by atoms with Crippen molar-refractivity contribution in [3.63, 3.8) is 0 Å². The zero-order valence-electron chi connectivity index (χ0n) is 6.15. The zero-order chi connectivity index (χ0) is 8.04. The van der Waals surface area contributed by atoms with E-state index in [1.807, 2.05) is 0 Å². The van der Waals surface area contributed by atoms with E-state index < -0.39 is 7.37 Å². The van der Waals surface area contributed by atoms with Crippen LogP contribution in [0, 0.1) is 0 Å². The Labute approximate surface area is 60.3 Å². The van der Waals surface area contributed by atoms with Crippen LogP contribution in [0.25, 0.3) is 0 Å². The van der Waals surface area contributed by atoms with Crippen molar-refractivity contribution in [3.05, 3.63) is 0 Å². The first kappa shape index (κ1) is 9.66. The second-order valence-corrected chi connectivity index (χ2v) is 4.41. The SMILES string of the molecule is CCON=CCP(C)(=O)O. The van der Waals surface area contributed by atoms with Gasteiger partial charge in [-0.3, -0.25) is 4.57 Å². The third kappa shape index (κ3) is 7.66. The predicted octanol–water partition coefficient (Wildman–Crippen LogP) is 0.909. The van der Waals surface area contributed by atoms with E-state index in [1.165, 1.54) is 12.9 Å². The molecule has 0 heterocycles. The van der Waals surface area contributed by atoms with Gasteiger partial charge in [0.15, 0.2) is 0 Å². The van der Waals surface area contributed by atoms with Crippen molar-refractivity contribution in [2.24, 2.45) is 5.16 Å². The molecule has 0 aliphatic rings. The molecule has 10 heavy (non-hydrogen) atoms. The molecule has 1 unspecified atom stereocenters. The Balaban J connectivity index is 3.44. The van der Waals surface area contributed by atoms with Crippen LogP contribution in [0.3, 0.4) is 0 Å². The van der Waals surface area contributed by atoms with E-state index >= 15 is 0 Å². The van der Waals surface area contributed by atoms with Crippen LogP contribution in [-0.2, 0) is 9.40 Å². The molecule has 0 bridgehead atoms. The van der Waals surface area contributed by atoms with Crippen molar-refractivity contribution < 1.29 is 14.3 Å². The standard InChI is InChI=1S/C5H12NO3P/c1-3-9-6-4-5-10(2,7)8/h4H,3,5H2,1-2H3,(H,7,8). The highest BCUT2D eigenvalue weighted by Gasteiger charge is 2.05. The lowest BCUT2D eigenvalue weighted by Gasteiger charge is -1.97. The van der Waals surface area contributed by atoms with Crippen LogP contribution in [0.2, 0.25) is 0 Å². The second kappa shape index (κ2) is 4.47. The minimum Gasteiger partial charge on any atom is -0.396 e. The zero-order valence-corrected chi connectivity index (χ0v) is 7.04. The fourth-order valence-electron chi connectivity index (χ4n) is 0.312. The van der Waals surface area contributed by atoms with Crippen LogP contribution >= 0.6 is 7.37 Å². The molecule has 0 aliphatic carbocycles. The summed E-state index contributed by atoms with van der Waals surface area (Å²) in [7, 11) is -2.94. The third-order valence-corrected chi connectivity index (χ3v) is 1.54. The van der Waals surface area contributed by atoms with E-state index in [4.69, 9.17) is 4.89 Å². The van der Waals surface area contributed by atoms with Gasteiger partial charge in [-0.2, -0.15) is 0 Å². The number of nitrogens with zero attached hydrogens (tertiary/aromatic N) is 1. The highest BCUT2D eigenvalue weighted by atomic mass is 31.2. The van der Waals surface area contributed by atoms with Crippen LogP contribution in [-0.4, -0.2) is 30.5 Å². The molecule has 0 saturated carbocycles. The quantitative estimate of drug-likeness (QED) is 0.382. The summed E-state index contributed by atoms with van der Waals surface area (Å²) in [5.74, 6) is 0. The molecule has 0 amide bonds. The first-order valence-electron chi connectivity index (χ1n) is 2.99. The van der Waals surface area contributed by atoms with Gasteiger partial charge in [0.05, 0.1) is 12.4 Å². The smallest absolute Gasteiger partial charge is 0.202 e. The lowest BCUT2D eigenvalue weighted by atomic mass is 10.9. The van der Waals surface area contributed by atoms with Gasteiger partial charge in [-0.15, -0.1) is 0 Å². The fourth-order valence-corrected chi connectivity index (χ4v) is 0.682. The second-order valence-electron chi connectivity index (χ2n) is 1.94. The molecule has 4 nitrogen and oxygen atoms in total. The van der Waals surface area contributed by atoms with Gasteiger partial charge in [0, 0.05) is 6.66 Å². The van der Waals surface area contributed by atoms with Crippen LogP contribution in [0.4, 0.5) is 0 Å². The molecule has 0 aliphatic heterocycles. The van der Waals surface area contributed by atoms with Crippen LogP contribution in [0.15, 0.2) is 5.16 Å². The summed E-state index contributed by atoms with van der Waals surface area (Å²) >= 11 is 0. The van der Waals surface area contributed by atoms with Crippen molar-refractivity contribution in [1.82, 2.24) is 0 Å². The number of rotatable bonds is 4. The molecule has 0 aromatic heterocycles. The van der Waals surface area contributed by atoms with Gasteiger partial charge in [-0.25, -0.2) is 0 Å². The Bertz CT molecular complexity index is 151. The topological polar surface area (TPSA) is 58.9 Å². The van der Waals surface area contributed by atoms with E-state index in [-0.39, 0.29) is 6.16 Å². The summed E-state index contributed by atoms with van der Waals surface area (Å²) in [6, 6.07) is 0. The average Bonchev–Trinajstić information content (AvgIpc) is 1.78. The predicted molar refractivity (Wildman–Crippen MR) is 40.7 cm³/mol. The lowest BCUT2D eigenvalue weighted by Crippen LogP contribution is -1.89. The van der Waals surface area contributed by atoms with Gasteiger partial charge >= 0.3 is 0 Å². The third-order valence-electron chi connectivity index (χ3n) is 0.699. The van der Waals surface area contributed by atoms with Crippen molar-refractivity contribution in [1.29, 1.82) is 0 Å². The van der Waals surface area contributed by atoms with E-state index in [0.717, 1.165) is 0 Å². The lowest BCUT2D eigenvalue weighted by molar-refractivity contribution is 0.160. The largest absolute Gasteiger partial charge is 0.396 e. The molecule has 0 spiro atoms. The summed E-state index contributed by atoms with van der Waals surface area (Å²) in [6.07, 6.45) is 1.39. The normalized spacial score (nSPS) is 17.1. The Morgan fingerprint density at radius 1 is 1.80 bits per heavy atom. The van der Waals surface area contributed by atoms with Crippen molar-refractivity contribution in [2.75, 3.05) is 19.4 Å². The summed E-state index contributed by atoms with van der Waals surface area (Å²) in [6.45, 7) is 3.56. The Kier molecular flexibility index (Phi) is 4.32. The fraction of sp³-hybridized carbons (Fsp3) is 0.800. The van der Waals surface area contributed by atoms with Gasteiger partial charge in [-0.1, -0.05) is 5.16 Å². The maximum atomic E-state index is 10.6. The van der Waals surface area contributed by atoms with E-state index in [9.17, 15) is 4.57 Å². The van der Waals surface area contributed by atoms with Gasteiger partial charge in [0.1, 0.15) is 6.61 Å². The molecule has 0 saturated heterocycles. The highest BCUT2D eigenvalue weighted by Crippen LogP contribution is 2.33. The maximum absolute atomic E-state index is 10.6. The summed E-state index contributed by atoms with van der Waals surface area (Å²) < 4.78 is 10.6. The molecule has 1 N–H and O–H groups in total. The average molecular weight is 165 g/mol. The van der Waals surface area contributed by atoms with Crippen LogP contribution < -0.4 is 0 Å². The van der Waals surface area contributed by atoms with Crippen LogP contribution in [0.1, 0.15) is 6.92 Å². The minimum atomic E-state index is -2.94. The number of oxime groups is 1.